The molecule has 2 heterocycles. The molecule has 34 heavy (non-hydrogen) atoms. The summed E-state index contributed by atoms with van der Waals surface area (Å²) in [7, 11) is 1.68. The smallest absolute Gasteiger partial charge is 0.191 e. The third kappa shape index (κ3) is 4.21. The predicted molar refractivity (Wildman–Crippen MR) is 128 cm³/mol. The number of thioether (sulfide) groups is 1. The summed E-state index contributed by atoms with van der Waals surface area (Å²) >= 11 is 1.55. The molecule has 2 aliphatic carbocycles. The van der Waals surface area contributed by atoms with Crippen molar-refractivity contribution in [3.8, 4) is 5.75 Å². The molecule has 2 aliphatic rings. The predicted octanol–water partition coefficient (Wildman–Crippen LogP) is 2.04. The minimum Gasteiger partial charge on any atom is -0.496 e. The molecule has 6 atom stereocenters. The Bertz CT molecular complexity index is 1190. The fourth-order valence-electron chi connectivity index (χ4n) is 4.58. The van der Waals surface area contributed by atoms with E-state index < -0.39 is 24.4 Å². The molecule has 10 nitrogen and oxygen atoms in total. The SMILES string of the molecule is CCCSc1nc(NC2CC2c2ccc(C)c(OC)c2)c2nnn([C@H]3C[C@@H](O)[C@H](O)[C@@H]3O)c2n1. The van der Waals surface area contributed by atoms with Gasteiger partial charge in [-0.2, -0.15) is 0 Å². The molecule has 4 N–H and O–H groups in total. The highest BCUT2D eigenvalue weighted by molar-refractivity contribution is 7.99. The van der Waals surface area contributed by atoms with Gasteiger partial charge in [-0.25, -0.2) is 14.6 Å². The molecular formula is C23H30N6O4S. The zero-order valence-corrected chi connectivity index (χ0v) is 20.2. The van der Waals surface area contributed by atoms with Gasteiger partial charge in [0.05, 0.1) is 19.3 Å². The Labute approximate surface area is 201 Å². The number of aromatic nitrogens is 5. The van der Waals surface area contributed by atoms with Crippen molar-refractivity contribution in [3.63, 3.8) is 0 Å². The molecule has 0 bridgehead atoms. The van der Waals surface area contributed by atoms with Crippen LogP contribution >= 0.6 is 11.8 Å². The number of rotatable bonds is 8. The van der Waals surface area contributed by atoms with Gasteiger partial charge >= 0.3 is 0 Å². The third-order valence-electron chi connectivity index (χ3n) is 6.65. The van der Waals surface area contributed by atoms with Crippen LogP contribution in [0.5, 0.6) is 5.75 Å². The number of nitrogens with one attached hydrogen (secondary N) is 1. The van der Waals surface area contributed by atoms with Gasteiger partial charge < -0.3 is 25.4 Å². The van der Waals surface area contributed by atoms with Crippen molar-refractivity contribution in [2.24, 2.45) is 0 Å². The molecule has 0 saturated heterocycles. The summed E-state index contributed by atoms with van der Waals surface area (Å²) < 4.78 is 6.99. The lowest BCUT2D eigenvalue weighted by Gasteiger charge is -2.16. The van der Waals surface area contributed by atoms with Crippen LogP contribution in [0.3, 0.4) is 0 Å². The van der Waals surface area contributed by atoms with Crippen LogP contribution in [0.2, 0.25) is 0 Å². The van der Waals surface area contributed by atoms with E-state index in [2.05, 4.69) is 45.7 Å². The lowest BCUT2D eigenvalue weighted by atomic mass is 10.1. The van der Waals surface area contributed by atoms with Crippen LogP contribution < -0.4 is 10.1 Å². The number of nitrogens with zero attached hydrogens (tertiary/aromatic N) is 5. The van der Waals surface area contributed by atoms with Crippen LogP contribution in [-0.2, 0) is 0 Å². The Balaban J connectivity index is 1.44. The lowest BCUT2D eigenvalue weighted by molar-refractivity contribution is -0.0253. The molecule has 11 heteroatoms. The normalized spacial score (nSPS) is 28.4. The Morgan fingerprint density at radius 2 is 2.00 bits per heavy atom. The number of aliphatic hydroxyl groups is 3. The summed E-state index contributed by atoms with van der Waals surface area (Å²) in [6, 6.07) is 5.88. The first-order chi connectivity index (χ1) is 16.4. The average Bonchev–Trinajstić information content (AvgIpc) is 3.39. The van der Waals surface area contributed by atoms with Crippen LogP contribution in [0, 0.1) is 6.92 Å². The van der Waals surface area contributed by atoms with Crippen molar-refractivity contribution in [2.45, 2.75) is 74.6 Å². The van der Waals surface area contributed by atoms with Crippen LogP contribution in [0.1, 0.15) is 49.3 Å². The fourth-order valence-corrected chi connectivity index (χ4v) is 5.28. The van der Waals surface area contributed by atoms with Gasteiger partial charge in [0.15, 0.2) is 22.1 Å². The van der Waals surface area contributed by atoms with Gasteiger partial charge in [0.2, 0.25) is 0 Å². The Hall–Kier alpha value is -2.47. The third-order valence-corrected chi connectivity index (χ3v) is 7.70. The van der Waals surface area contributed by atoms with Crippen LogP contribution in [0.15, 0.2) is 23.4 Å². The Morgan fingerprint density at radius 1 is 1.18 bits per heavy atom. The van der Waals surface area contributed by atoms with Crippen molar-refractivity contribution < 1.29 is 20.1 Å². The van der Waals surface area contributed by atoms with Gasteiger partial charge in [-0.05, 0) is 37.0 Å². The highest BCUT2D eigenvalue weighted by Crippen LogP contribution is 2.44. The number of benzene rings is 1. The minimum absolute atomic E-state index is 0.172. The van der Waals surface area contributed by atoms with Crippen molar-refractivity contribution in [2.75, 3.05) is 18.2 Å². The second-order valence-corrected chi connectivity index (χ2v) is 10.1. The number of fused-ring (bicyclic) bond motifs is 1. The van der Waals surface area contributed by atoms with E-state index in [-0.39, 0.29) is 12.5 Å². The van der Waals surface area contributed by atoms with Gasteiger partial charge in [-0.15, -0.1) is 5.10 Å². The van der Waals surface area contributed by atoms with Gasteiger partial charge in [0.1, 0.15) is 18.0 Å². The molecule has 2 saturated carbocycles. The van der Waals surface area contributed by atoms with E-state index in [1.165, 1.54) is 10.2 Å². The quantitative estimate of drug-likeness (QED) is 0.276. The molecule has 0 amide bonds. The van der Waals surface area contributed by atoms with E-state index in [1.54, 1.807) is 18.9 Å². The molecule has 1 aromatic carbocycles. The number of hydrogen-bond donors (Lipinski definition) is 4. The zero-order valence-electron chi connectivity index (χ0n) is 19.4. The van der Waals surface area contributed by atoms with Gasteiger partial charge in [-0.3, -0.25) is 0 Å². The maximum absolute atomic E-state index is 10.4. The summed E-state index contributed by atoms with van der Waals surface area (Å²) in [6.45, 7) is 4.12. The number of ether oxygens (including phenoxy) is 1. The second kappa shape index (κ2) is 9.29. The molecule has 182 valence electrons. The lowest BCUT2D eigenvalue weighted by Crippen LogP contribution is -2.31. The number of anilines is 1. The van der Waals surface area contributed by atoms with E-state index in [1.807, 2.05) is 6.92 Å². The van der Waals surface area contributed by atoms with Crippen LogP contribution in [-0.4, -0.2) is 77.5 Å². The van der Waals surface area contributed by atoms with Gasteiger partial charge in [0, 0.05) is 24.1 Å². The first-order valence-electron chi connectivity index (χ1n) is 11.6. The standard InChI is InChI=1S/C23H30N6O4S/c1-4-7-34-23-25-21(24-14-9-13(14)12-6-5-11(2)17(8-12)33-3)18-22(26-23)29(28-27-18)15-10-16(30)20(32)19(15)31/h5-6,8,13-16,19-20,30-32H,4,7,9-10H2,1-3H3,(H,24,25,26)/t13?,14?,15-,16+,19+,20-/m0/s1. The Morgan fingerprint density at radius 3 is 2.71 bits per heavy atom. The maximum Gasteiger partial charge on any atom is 0.191 e. The molecule has 2 aromatic heterocycles. The Kier molecular flexibility index (Phi) is 6.36. The van der Waals surface area contributed by atoms with Crippen molar-refractivity contribution in [1.82, 2.24) is 25.0 Å². The summed E-state index contributed by atoms with van der Waals surface area (Å²) in [5, 5.41) is 43.2. The molecule has 2 unspecified atom stereocenters. The molecule has 5 rings (SSSR count). The first kappa shape index (κ1) is 23.3. The molecular weight excluding hydrogens is 456 g/mol. The largest absolute Gasteiger partial charge is 0.496 e. The summed E-state index contributed by atoms with van der Waals surface area (Å²) in [4.78, 5) is 9.38. The van der Waals surface area contributed by atoms with Gasteiger partial charge in [0.25, 0.3) is 0 Å². The number of aryl methyl sites for hydroxylation is 1. The highest BCUT2D eigenvalue weighted by Gasteiger charge is 2.44. The van der Waals surface area contributed by atoms with Crippen LogP contribution in [0.4, 0.5) is 5.82 Å². The number of aliphatic hydroxyl groups excluding tert-OH is 3. The summed E-state index contributed by atoms with van der Waals surface area (Å²) in [5.74, 6) is 2.69. The van der Waals surface area contributed by atoms with E-state index in [4.69, 9.17) is 9.72 Å². The van der Waals surface area contributed by atoms with E-state index >= 15 is 0 Å². The average molecular weight is 487 g/mol. The van der Waals surface area contributed by atoms with E-state index in [0.717, 1.165) is 29.9 Å². The van der Waals surface area contributed by atoms with Crippen molar-refractivity contribution in [1.29, 1.82) is 0 Å². The maximum atomic E-state index is 10.4. The zero-order chi connectivity index (χ0) is 24.0. The number of methoxy groups -OCH3 is 1. The van der Waals surface area contributed by atoms with Crippen LogP contribution in [0.25, 0.3) is 11.2 Å². The first-order valence-corrected chi connectivity index (χ1v) is 12.6. The molecule has 0 radical (unpaired) electrons. The fraction of sp³-hybridized carbons (Fsp3) is 0.565. The number of hydrogen-bond acceptors (Lipinski definition) is 10. The van der Waals surface area contributed by atoms with E-state index in [9.17, 15) is 15.3 Å². The second-order valence-electron chi connectivity index (χ2n) is 9.08. The highest BCUT2D eigenvalue weighted by atomic mass is 32.2. The summed E-state index contributed by atoms with van der Waals surface area (Å²) in [5.41, 5.74) is 3.31. The van der Waals surface area contributed by atoms with E-state index in [0.29, 0.717) is 28.1 Å². The molecule has 0 spiro atoms. The minimum atomic E-state index is -1.23. The molecule has 0 aliphatic heterocycles. The topological polar surface area (TPSA) is 138 Å². The summed E-state index contributed by atoms with van der Waals surface area (Å²) in [6.07, 6.45) is -1.29. The molecule has 3 aromatic rings. The molecule has 2 fully saturated rings. The van der Waals surface area contributed by atoms with Crippen molar-refractivity contribution >= 4 is 28.7 Å². The van der Waals surface area contributed by atoms with Gasteiger partial charge in [-0.1, -0.05) is 36.0 Å². The monoisotopic (exact) mass is 486 g/mol. The van der Waals surface area contributed by atoms with Crippen molar-refractivity contribution in [3.05, 3.63) is 29.3 Å².